The number of ether oxygens (including phenoxy) is 1. The molecule has 0 radical (unpaired) electrons. The van der Waals surface area contributed by atoms with E-state index in [1.54, 1.807) is 24.3 Å². The zero-order valence-corrected chi connectivity index (χ0v) is 8.94. The molecule has 1 N–H and O–H groups in total. The molecule has 80 valence electrons. The van der Waals surface area contributed by atoms with E-state index < -0.39 is 14.9 Å². The van der Waals surface area contributed by atoms with E-state index in [1.807, 2.05) is 0 Å². The first-order chi connectivity index (χ1) is 7.13. The Bertz CT molecular complexity index is 359. The van der Waals surface area contributed by atoms with Crippen molar-refractivity contribution in [1.82, 2.24) is 0 Å². The van der Waals surface area contributed by atoms with Crippen LogP contribution in [-0.4, -0.2) is 24.4 Å². The first kappa shape index (κ1) is 11.8. The van der Waals surface area contributed by atoms with Gasteiger partial charge in [0, 0.05) is 10.1 Å². The van der Waals surface area contributed by atoms with Crippen molar-refractivity contribution in [2.75, 3.05) is 13.7 Å². The molecule has 6 heteroatoms. The van der Waals surface area contributed by atoms with Gasteiger partial charge in [0.25, 0.3) is 0 Å². The van der Waals surface area contributed by atoms with Crippen LogP contribution in [0.25, 0.3) is 0 Å². The first-order valence-corrected chi connectivity index (χ1v) is 5.23. The molecule has 0 saturated heterocycles. The maximum absolute atomic E-state index is 11.3. The summed E-state index contributed by atoms with van der Waals surface area (Å²) in [7, 11) is -1.20. The molecule has 0 aliphatic carbocycles. The highest BCUT2D eigenvalue weighted by Gasteiger charge is 2.16. The molecule has 1 aromatic carbocycles. The topological polar surface area (TPSA) is 72.8 Å². The number of carbonyl (C=O) groups excluding carboxylic acids is 1. The second kappa shape index (κ2) is 5.56. The second-order valence-corrected chi connectivity index (χ2v) is 3.40. The molecule has 0 saturated carbocycles. The minimum Gasteiger partial charge on any atom is -0.497 e. The SMILES string of the molecule is COc1ccc(C(=O)CO[P+](=O)O)cc1. The molecule has 1 rings (SSSR count). The van der Waals surface area contributed by atoms with Crippen molar-refractivity contribution in [3.8, 4) is 5.75 Å². The van der Waals surface area contributed by atoms with Gasteiger partial charge in [0.15, 0.2) is 12.4 Å². The molecule has 0 aromatic heterocycles. The lowest BCUT2D eigenvalue weighted by atomic mass is 10.1. The molecule has 1 aromatic rings. The molecule has 0 bridgehead atoms. The first-order valence-electron chi connectivity index (χ1n) is 4.10. The van der Waals surface area contributed by atoms with Crippen molar-refractivity contribution in [2.45, 2.75) is 0 Å². The van der Waals surface area contributed by atoms with Crippen LogP contribution < -0.4 is 4.74 Å². The van der Waals surface area contributed by atoms with E-state index in [9.17, 15) is 9.36 Å². The van der Waals surface area contributed by atoms with Crippen LogP contribution in [0.2, 0.25) is 0 Å². The monoisotopic (exact) mass is 229 g/mol. The zero-order valence-electron chi connectivity index (χ0n) is 8.04. The largest absolute Gasteiger partial charge is 0.695 e. The van der Waals surface area contributed by atoms with Crippen LogP contribution in [0, 0.1) is 0 Å². The normalized spacial score (nSPS) is 10.9. The Hall–Kier alpha value is -1.29. The number of Topliss-reactive ketones (excluding diaryl/α,β-unsaturated/α-hetero) is 1. The van der Waals surface area contributed by atoms with Crippen LogP contribution in [0.4, 0.5) is 0 Å². The molecular formula is C9H10O5P+. The van der Waals surface area contributed by atoms with E-state index in [0.717, 1.165) is 0 Å². The quantitative estimate of drug-likeness (QED) is 0.612. The lowest BCUT2D eigenvalue weighted by molar-refractivity contribution is 0.0917. The summed E-state index contributed by atoms with van der Waals surface area (Å²) < 4.78 is 19.4. The zero-order chi connectivity index (χ0) is 11.3. The third-order valence-electron chi connectivity index (χ3n) is 1.72. The van der Waals surface area contributed by atoms with Crippen molar-refractivity contribution in [1.29, 1.82) is 0 Å². The number of benzene rings is 1. The average molecular weight is 229 g/mol. The average Bonchev–Trinajstić information content (AvgIpc) is 2.26. The van der Waals surface area contributed by atoms with E-state index in [2.05, 4.69) is 4.52 Å². The third kappa shape index (κ3) is 3.75. The Morgan fingerprint density at radius 3 is 2.47 bits per heavy atom. The number of hydrogen-bond acceptors (Lipinski definition) is 4. The predicted octanol–water partition coefficient (Wildman–Crippen LogP) is 1.54. The molecule has 15 heavy (non-hydrogen) atoms. The van der Waals surface area contributed by atoms with Crippen LogP contribution in [0.5, 0.6) is 5.75 Å². The summed E-state index contributed by atoms with van der Waals surface area (Å²) in [5, 5.41) is 0. The van der Waals surface area contributed by atoms with Gasteiger partial charge in [0.2, 0.25) is 0 Å². The molecular weight excluding hydrogens is 219 g/mol. The fourth-order valence-corrected chi connectivity index (χ4v) is 1.20. The molecule has 0 aliphatic heterocycles. The standard InChI is InChI=1S/C9H9O5P/c1-13-8-4-2-7(3-5-8)9(10)6-14-15(11)12/h2-5H,6H2,1H3/p+1. The summed E-state index contributed by atoms with van der Waals surface area (Å²) in [6.07, 6.45) is 0. The fraction of sp³-hybridized carbons (Fsp3) is 0.222. The molecule has 5 nitrogen and oxygen atoms in total. The van der Waals surface area contributed by atoms with E-state index in [4.69, 9.17) is 9.63 Å². The Balaban J connectivity index is 2.62. The van der Waals surface area contributed by atoms with Crippen molar-refractivity contribution in [3.63, 3.8) is 0 Å². The number of methoxy groups -OCH3 is 1. The number of rotatable bonds is 5. The van der Waals surface area contributed by atoms with Gasteiger partial charge in [-0.1, -0.05) is 0 Å². The fourth-order valence-electron chi connectivity index (χ4n) is 0.974. The van der Waals surface area contributed by atoms with E-state index in [1.165, 1.54) is 7.11 Å². The molecule has 0 amide bonds. The maximum atomic E-state index is 11.3. The summed E-state index contributed by atoms with van der Waals surface area (Å²) in [4.78, 5) is 19.7. The van der Waals surface area contributed by atoms with Crippen molar-refractivity contribution < 1.29 is 23.5 Å². The van der Waals surface area contributed by atoms with Crippen LogP contribution in [-0.2, 0) is 9.09 Å². The minimum atomic E-state index is -2.73. The van der Waals surface area contributed by atoms with Gasteiger partial charge in [0.05, 0.1) is 7.11 Å². The highest BCUT2D eigenvalue weighted by Crippen LogP contribution is 2.16. The molecule has 0 spiro atoms. The van der Waals surface area contributed by atoms with Gasteiger partial charge in [-0.2, -0.15) is 0 Å². The van der Waals surface area contributed by atoms with Crippen molar-refractivity contribution >= 4 is 14.0 Å². The number of hydrogen-bond donors (Lipinski definition) is 1. The Morgan fingerprint density at radius 2 is 2.00 bits per heavy atom. The van der Waals surface area contributed by atoms with Crippen molar-refractivity contribution in [3.05, 3.63) is 29.8 Å². The van der Waals surface area contributed by atoms with Gasteiger partial charge >= 0.3 is 8.25 Å². The van der Waals surface area contributed by atoms with Crippen LogP contribution in [0.1, 0.15) is 10.4 Å². The summed E-state index contributed by atoms with van der Waals surface area (Å²) >= 11 is 0. The second-order valence-electron chi connectivity index (χ2n) is 2.66. The summed E-state index contributed by atoms with van der Waals surface area (Å²) in [6.45, 7) is -0.405. The molecule has 0 heterocycles. The van der Waals surface area contributed by atoms with Gasteiger partial charge in [-0.05, 0) is 24.3 Å². The van der Waals surface area contributed by atoms with Gasteiger partial charge in [-0.3, -0.25) is 4.79 Å². The molecule has 1 atom stereocenters. The van der Waals surface area contributed by atoms with E-state index in [-0.39, 0.29) is 5.78 Å². The summed E-state index contributed by atoms with van der Waals surface area (Å²) in [5.74, 6) is 0.288. The summed E-state index contributed by atoms with van der Waals surface area (Å²) in [5.41, 5.74) is 0.410. The predicted molar refractivity (Wildman–Crippen MR) is 53.1 cm³/mol. The number of carbonyl (C=O) groups is 1. The Kier molecular flexibility index (Phi) is 4.37. The van der Waals surface area contributed by atoms with Gasteiger partial charge in [0.1, 0.15) is 5.75 Å². The molecule has 0 aliphatic rings. The highest BCUT2D eigenvalue weighted by atomic mass is 31.1. The number of ketones is 1. The van der Waals surface area contributed by atoms with Crippen molar-refractivity contribution in [2.24, 2.45) is 0 Å². The van der Waals surface area contributed by atoms with Crippen LogP contribution in [0.15, 0.2) is 24.3 Å². The van der Waals surface area contributed by atoms with E-state index in [0.29, 0.717) is 11.3 Å². The Labute approximate surface area is 87.6 Å². The third-order valence-corrected chi connectivity index (χ3v) is 2.07. The van der Waals surface area contributed by atoms with E-state index >= 15 is 0 Å². The Morgan fingerprint density at radius 1 is 1.40 bits per heavy atom. The lowest BCUT2D eigenvalue weighted by Crippen LogP contribution is -2.05. The summed E-state index contributed by atoms with van der Waals surface area (Å²) in [6, 6.07) is 6.39. The molecule has 0 fully saturated rings. The maximum Gasteiger partial charge on any atom is 0.695 e. The highest BCUT2D eigenvalue weighted by molar-refractivity contribution is 7.32. The lowest BCUT2D eigenvalue weighted by Gasteiger charge is -2.00. The molecule has 1 unspecified atom stereocenters. The van der Waals surface area contributed by atoms with Crippen LogP contribution in [0.3, 0.4) is 0 Å². The smallest absolute Gasteiger partial charge is 0.497 e. The van der Waals surface area contributed by atoms with Gasteiger partial charge < -0.3 is 4.74 Å². The van der Waals surface area contributed by atoms with Crippen LogP contribution >= 0.6 is 8.25 Å². The van der Waals surface area contributed by atoms with Gasteiger partial charge in [-0.15, -0.1) is 9.42 Å². The van der Waals surface area contributed by atoms with Gasteiger partial charge in [-0.25, -0.2) is 0 Å². The minimum absolute atomic E-state index is 0.352.